The average molecular weight is 603 g/mol. The zero-order valence-electron chi connectivity index (χ0n) is 22.6. The maximum absolute atomic E-state index is 13.7. The first-order valence-electron chi connectivity index (χ1n) is 13.6. The summed E-state index contributed by atoms with van der Waals surface area (Å²) in [7, 11) is 0. The van der Waals surface area contributed by atoms with E-state index in [2.05, 4.69) is 27.8 Å². The molecule has 6 rings (SSSR count). The number of nitrogens with zero attached hydrogens (tertiary/aromatic N) is 3. The first-order chi connectivity index (χ1) is 20.7. The number of carboxylic acid groups (broad SMARTS) is 1. The molecule has 43 heavy (non-hydrogen) atoms. The van der Waals surface area contributed by atoms with Crippen LogP contribution in [0.3, 0.4) is 0 Å². The molecule has 8 nitrogen and oxygen atoms in total. The van der Waals surface area contributed by atoms with Crippen LogP contribution < -0.4 is 10.1 Å². The van der Waals surface area contributed by atoms with Gasteiger partial charge in [-0.2, -0.15) is 0 Å². The first kappa shape index (κ1) is 28.3. The second-order valence-corrected chi connectivity index (χ2v) is 10.8. The number of aryl methyl sites for hydroxylation is 1. The van der Waals surface area contributed by atoms with E-state index in [1.807, 2.05) is 12.1 Å². The van der Waals surface area contributed by atoms with Crippen LogP contribution in [0.2, 0.25) is 5.02 Å². The van der Waals surface area contributed by atoms with Crippen LogP contribution in [-0.2, 0) is 17.8 Å². The Balaban J connectivity index is 1.20. The number of aliphatic carboxylic acids is 1. The maximum Gasteiger partial charge on any atom is 0.349 e. The van der Waals surface area contributed by atoms with Crippen LogP contribution in [0, 0.1) is 11.6 Å². The van der Waals surface area contributed by atoms with Gasteiger partial charge in [0.25, 0.3) is 5.91 Å². The first-order valence-corrected chi connectivity index (χ1v) is 14.0. The van der Waals surface area contributed by atoms with Crippen molar-refractivity contribution in [3.8, 4) is 5.75 Å². The van der Waals surface area contributed by atoms with Crippen LogP contribution in [0.15, 0.2) is 78.9 Å². The number of ether oxygens (including phenoxy) is 1. The van der Waals surface area contributed by atoms with Crippen LogP contribution >= 0.6 is 11.6 Å². The quantitative estimate of drug-likeness (QED) is 0.212. The number of aromatic nitrogens is 3. The van der Waals surface area contributed by atoms with Crippen molar-refractivity contribution in [3.05, 3.63) is 123 Å². The predicted molar refractivity (Wildman–Crippen MR) is 155 cm³/mol. The van der Waals surface area contributed by atoms with Crippen molar-refractivity contribution in [1.82, 2.24) is 20.3 Å². The molecule has 4 aromatic carbocycles. The highest BCUT2D eigenvalue weighted by atomic mass is 35.5. The molecule has 1 aliphatic carbocycles. The standard InChI is InChI=1S/C32H25ClF2N4O4/c33-26-10-9-24(43-30(32(41)42)20-12-22(34)16-23(35)13-20)14-21(26)17-39-29-11-8-19(15-28(29)37-38-39)31(40)36-27-7-3-5-18-4-1-2-6-25(18)27/h1-2,4,6,8-16,27,30H,3,5,7,17H2,(H,36,40)(H,41,42). The van der Waals surface area contributed by atoms with Gasteiger partial charge in [0, 0.05) is 22.2 Å². The van der Waals surface area contributed by atoms with E-state index in [1.54, 1.807) is 22.9 Å². The molecular formula is C32H25ClF2N4O4. The molecule has 1 aliphatic rings. The summed E-state index contributed by atoms with van der Waals surface area (Å²) in [6.45, 7) is 0.156. The van der Waals surface area contributed by atoms with Crippen molar-refractivity contribution in [2.75, 3.05) is 0 Å². The van der Waals surface area contributed by atoms with Crippen molar-refractivity contribution in [2.24, 2.45) is 0 Å². The van der Waals surface area contributed by atoms with Crippen LogP contribution in [-0.4, -0.2) is 32.0 Å². The summed E-state index contributed by atoms with van der Waals surface area (Å²) in [5.74, 6) is -3.32. The molecule has 0 saturated carbocycles. The number of nitrogens with one attached hydrogen (secondary N) is 1. The van der Waals surface area contributed by atoms with Gasteiger partial charge >= 0.3 is 5.97 Å². The largest absolute Gasteiger partial charge is 0.478 e. The van der Waals surface area contributed by atoms with E-state index < -0.39 is 23.7 Å². The van der Waals surface area contributed by atoms with Gasteiger partial charge in [0.15, 0.2) is 0 Å². The second kappa shape index (κ2) is 11.8. The highest BCUT2D eigenvalue weighted by Gasteiger charge is 2.25. The summed E-state index contributed by atoms with van der Waals surface area (Å²) in [6, 6.07) is 20.2. The van der Waals surface area contributed by atoms with E-state index in [0.29, 0.717) is 33.2 Å². The summed E-state index contributed by atoms with van der Waals surface area (Å²) < 4.78 is 34.7. The Morgan fingerprint density at radius 2 is 1.84 bits per heavy atom. The Bertz CT molecular complexity index is 1840. The highest BCUT2D eigenvalue weighted by Crippen LogP contribution is 2.31. The van der Waals surface area contributed by atoms with Crippen molar-refractivity contribution in [2.45, 2.75) is 38.0 Å². The number of benzene rings is 4. The summed E-state index contributed by atoms with van der Waals surface area (Å²) >= 11 is 6.43. The monoisotopic (exact) mass is 602 g/mol. The number of halogens is 3. The lowest BCUT2D eigenvalue weighted by atomic mass is 9.87. The minimum absolute atomic E-state index is 0.0545. The Morgan fingerprint density at radius 3 is 2.63 bits per heavy atom. The van der Waals surface area contributed by atoms with Crippen molar-refractivity contribution in [3.63, 3.8) is 0 Å². The zero-order chi connectivity index (χ0) is 30.1. The van der Waals surface area contributed by atoms with Gasteiger partial charge in [-0.15, -0.1) is 5.10 Å². The van der Waals surface area contributed by atoms with Gasteiger partial charge in [-0.05, 0) is 84.5 Å². The van der Waals surface area contributed by atoms with E-state index in [1.165, 1.54) is 23.8 Å². The molecule has 0 saturated heterocycles. The van der Waals surface area contributed by atoms with Gasteiger partial charge in [0.05, 0.1) is 18.1 Å². The number of carbonyl (C=O) groups is 2. The number of rotatable bonds is 8. The van der Waals surface area contributed by atoms with Crippen molar-refractivity contribution >= 4 is 34.5 Å². The third-order valence-corrected chi connectivity index (χ3v) is 7.82. The van der Waals surface area contributed by atoms with Gasteiger partial charge < -0.3 is 15.2 Å². The molecule has 1 amide bonds. The molecule has 11 heteroatoms. The summed E-state index contributed by atoms with van der Waals surface area (Å²) in [4.78, 5) is 25.0. The lowest BCUT2D eigenvalue weighted by molar-refractivity contribution is -0.145. The average Bonchev–Trinajstić information content (AvgIpc) is 3.38. The van der Waals surface area contributed by atoms with Crippen molar-refractivity contribution < 1.29 is 28.2 Å². The molecule has 1 aromatic heterocycles. The van der Waals surface area contributed by atoms with Crippen LogP contribution in [0.25, 0.3) is 11.0 Å². The molecule has 0 radical (unpaired) electrons. The molecule has 0 bridgehead atoms. The number of carbonyl (C=O) groups excluding carboxylic acids is 1. The minimum atomic E-state index is -1.65. The Hall–Kier alpha value is -4.83. The number of fused-ring (bicyclic) bond motifs is 2. The molecule has 0 spiro atoms. The van der Waals surface area contributed by atoms with Gasteiger partial charge in [-0.25, -0.2) is 18.3 Å². The molecule has 1 heterocycles. The molecule has 2 atom stereocenters. The smallest absolute Gasteiger partial charge is 0.349 e. The molecule has 0 aliphatic heterocycles. The number of hydrogen-bond donors (Lipinski definition) is 2. The molecule has 5 aromatic rings. The van der Waals surface area contributed by atoms with Gasteiger partial charge in [0.1, 0.15) is 22.9 Å². The zero-order valence-corrected chi connectivity index (χ0v) is 23.4. The maximum atomic E-state index is 13.7. The minimum Gasteiger partial charge on any atom is -0.478 e. The van der Waals surface area contributed by atoms with Crippen LogP contribution in [0.5, 0.6) is 5.75 Å². The summed E-state index contributed by atoms with van der Waals surface area (Å²) in [6.07, 6.45) is 1.23. The highest BCUT2D eigenvalue weighted by molar-refractivity contribution is 6.31. The van der Waals surface area contributed by atoms with Gasteiger partial charge in [0.2, 0.25) is 6.10 Å². The van der Waals surface area contributed by atoms with Crippen molar-refractivity contribution in [1.29, 1.82) is 0 Å². The van der Waals surface area contributed by atoms with Crippen LogP contribution in [0.4, 0.5) is 8.78 Å². The van der Waals surface area contributed by atoms with Gasteiger partial charge in [-0.1, -0.05) is 41.1 Å². The number of amides is 1. The molecule has 2 unspecified atom stereocenters. The van der Waals surface area contributed by atoms with E-state index in [4.69, 9.17) is 16.3 Å². The Labute approximate surface area is 249 Å². The lowest BCUT2D eigenvalue weighted by Crippen LogP contribution is -2.30. The molecule has 218 valence electrons. The van der Waals surface area contributed by atoms with E-state index in [9.17, 15) is 23.5 Å². The van der Waals surface area contributed by atoms with E-state index >= 15 is 0 Å². The molecule has 2 N–H and O–H groups in total. The van der Waals surface area contributed by atoms with Gasteiger partial charge in [-0.3, -0.25) is 4.79 Å². The molecular weight excluding hydrogens is 578 g/mol. The van der Waals surface area contributed by atoms with E-state index in [-0.39, 0.29) is 29.8 Å². The second-order valence-electron chi connectivity index (χ2n) is 10.4. The fourth-order valence-electron chi connectivity index (χ4n) is 5.41. The number of hydrogen-bond acceptors (Lipinski definition) is 5. The summed E-state index contributed by atoms with van der Waals surface area (Å²) in [5.41, 5.74) is 4.39. The number of carboxylic acids is 1. The Kier molecular flexibility index (Phi) is 7.77. The lowest BCUT2D eigenvalue weighted by Gasteiger charge is -2.26. The topological polar surface area (TPSA) is 106 Å². The SMILES string of the molecule is O=C(NC1CCCc2ccccc21)c1ccc2c(c1)nnn2Cc1cc(OC(C(=O)O)c2cc(F)cc(F)c2)ccc1Cl. The normalized spacial score (nSPS) is 15.1. The third kappa shape index (κ3) is 6.05. The van der Waals surface area contributed by atoms with E-state index in [0.717, 1.165) is 37.0 Å². The fraction of sp³-hybridized carbons (Fsp3) is 0.188. The third-order valence-electron chi connectivity index (χ3n) is 7.45. The Morgan fingerprint density at radius 1 is 1.05 bits per heavy atom. The molecule has 0 fully saturated rings. The van der Waals surface area contributed by atoms with Crippen LogP contribution in [0.1, 0.15) is 57.6 Å². The predicted octanol–water partition coefficient (Wildman–Crippen LogP) is 6.42. The summed E-state index contributed by atoms with van der Waals surface area (Å²) in [5, 5.41) is 21.6. The fourth-order valence-corrected chi connectivity index (χ4v) is 5.58.